The third-order valence-electron chi connectivity index (χ3n) is 6.36. The summed E-state index contributed by atoms with van der Waals surface area (Å²) in [6.45, 7) is 10.1. The average Bonchev–Trinajstić information content (AvgIpc) is 2.86. The SMILES string of the molecule is CCCN(C(=O)ONC(=O)c1ccccc1OC1CCN(Cc2ccc(C(F)(F)F)cc2)CC1)C(C)(C)C. The molecule has 0 aliphatic carbocycles. The van der Waals surface area contributed by atoms with Crippen molar-refractivity contribution in [1.82, 2.24) is 15.3 Å². The highest BCUT2D eigenvalue weighted by atomic mass is 19.4. The Kier molecular flexibility index (Phi) is 9.65. The van der Waals surface area contributed by atoms with Crippen LogP contribution in [0.5, 0.6) is 5.75 Å². The number of hydrogen-bond acceptors (Lipinski definition) is 5. The number of nitrogens with one attached hydrogen (secondary N) is 1. The Bertz CT molecular complexity index is 1080. The minimum absolute atomic E-state index is 0.128. The lowest BCUT2D eigenvalue weighted by Crippen LogP contribution is -2.48. The van der Waals surface area contributed by atoms with Gasteiger partial charge in [0, 0.05) is 31.7 Å². The van der Waals surface area contributed by atoms with Crippen molar-refractivity contribution in [3.63, 3.8) is 0 Å². The van der Waals surface area contributed by atoms with E-state index in [4.69, 9.17) is 9.57 Å². The third kappa shape index (κ3) is 8.11. The molecule has 0 saturated carbocycles. The van der Waals surface area contributed by atoms with E-state index in [1.54, 1.807) is 29.2 Å². The highest BCUT2D eigenvalue weighted by molar-refractivity contribution is 5.96. The first-order valence-electron chi connectivity index (χ1n) is 12.8. The average molecular weight is 536 g/mol. The van der Waals surface area contributed by atoms with Gasteiger partial charge < -0.3 is 14.5 Å². The monoisotopic (exact) mass is 535 g/mol. The molecule has 2 amide bonds. The lowest BCUT2D eigenvalue weighted by Gasteiger charge is -2.34. The second-order valence-corrected chi connectivity index (χ2v) is 10.4. The normalized spacial score (nSPS) is 15.1. The number of hydrogen-bond donors (Lipinski definition) is 1. The number of carbonyl (C=O) groups excluding carboxylic acids is 2. The minimum atomic E-state index is -4.34. The lowest BCUT2D eigenvalue weighted by atomic mass is 10.1. The first kappa shape index (κ1) is 29.3. The first-order chi connectivity index (χ1) is 17.9. The van der Waals surface area contributed by atoms with Crippen LogP contribution in [0.15, 0.2) is 48.5 Å². The van der Waals surface area contributed by atoms with Crippen LogP contribution >= 0.6 is 0 Å². The van der Waals surface area contributed by atoms with Crippen molar-refractivity contribution in [1.29, 1.82) is 0 Å². The molecule has 10 heteroatoms. The predicted molar refractivity (Wildman–Crippen MR) is 138 cm³/mol. The summed E-state index contributed by atoms with van der Waals surface area (Å²) in [5.74, 6) is -0.192. The molecule has 2 aromatic rings. The number of halogens is 3. The number of alkyl halides is 3. The Morgan fingerprint density at radius 1 is 1.03 bits per heavy atom. The summed E-state index contributed by atoms with van der Waals surface area (Å²) in [5.41, 5.74) is 2.21. The third-order valence-corrected chi connectivity index (χ3v) is 6.36. The predicted octanol–water partition coefficient (Wildman–Crippen LogP) is 6.04. The number of likely N-dealkylation sites (tertiary alicyclic amines) is 1. The second-order valence-electron chi connectivity index (χ2n) is 10.4. The van der Waals surface area contributed by atoms with Crippen molar-refractivity contribution in [2.24, 2.45) is 0 Å². The van der Waals surface area contributed by atoms with Crippen molar-refractivity contribution in [2.75, 3.05) is 19.6 Å². The summed E-state index contributed by atoms with van der Waals surface area (Å²) in [6.07, 6.45) is -2.96. The number of benzene rings is 2. The van der Waals surface area contributed by atoms with Crippen LogP contribution in [-0.4, -0.2) is 53.1 Å². The molecule has 7 nitrogen and oxygen atoms in total. The Morgan fingerprint density at radius 2 is 1.66 bits per heavy atom. The highest BCUT2D eigenvalue weighted by Crippen LogP contribution is 2.29. The van der Waals surface area contributed by atoms with Crippen molar-refractivity contribution in [3.05, 3.63) is 65.2 Å². The summed E-state index contributed by atoms with van der Waals surface area (Å²) in [5, 5.41) is 0. The van der Waals surface area contributed by atoms with E-state index in [1.807, 2.05) is 27.7 Å². The van der Waals surface area contributed by atoms with Gasteiger partial charge in [-0.2, -0.15) is 18.7 Å². The zero-order chi connectivity index (χ0) is 27.9. The number of ether oxygens (including phenoxy) is 1. The fourth-order valence-corrected chi connectivity index (χ4v) is 4.30. The van der Waals surface area contributed by atoms with Crippen molar-refractivity contribution < 1.29 is 32.3 Å². The molecule has 0 spiro atoms. The molecule has 38 heavy (non-hydrogen) atoms. The van der Waals surface area contributed by atoms with E-state index >= 15 is 0 Å². The van der Waals surface area contributed by atoms with Gasteiger partial charge in [0.05, 0.1) is 11.1 Å². The second kappa shape index (κ2) is 12.5. The van der Waals surface area contributed by atoms with Gasteiger partial charge in [0.1, 0.15) is 11.9 Å². The smallest absolute Gasteiger partial charge is 0.434 e. The molecule has 1 aliphatic rings. The summed E-state index contributed by atoms with van der Waals surface area (Å²) < 4.78 is 44.5. The van der Waals surface area contributed by atoms with E-state index in [-0.39, 0.29) is 11.7 Å². The summed E-state index contributed by atoms with van der Waals surface area (Å²) in [4.78, 5) is 34.2. The molecule has 0 unspecified atom stereocenters. The largest absolute Gasteiger partial charge is 0.489 e. The number of hydroxylamine groups is 1. The fourth-order valence-electron chi connectivity index (χ4n) is 4.30. The van der Waals surface area contributed by atoms with Gasteiger partial charge in [-0.15, -0.1) is 0 Å². The fraction of sp³-hybridized carbons (Fsp3) is 0.500. The molecule has 1 heterocycles. The number of piperidine rings is 1. The molecule has 3 rings (SSSR count). The number of amides is 2. The number of para-hydroxylation sites is 1. The van der Waals surface area contributed by atoms with E-state index in [9.17, 15) is 22.8 Å². The standard InChI is InChI=1S/C28H36F3N3O4/c1-5-16-34(27(2,3)4)26(36)38-32-25(35)23-8-6-7-9-24(23)37-22-14-17-33(18-15-22)19-20-10-12-21(13-11-20)28(29,30)31/h6-13,22H,5,14-19H2,1-4H3,(H,32,35). The van der Waals surface area contributed by atoms with Crippen LogP contribution in [0, 0.1) is 0 Å². The van der Waals surface area contributed by atoms with Crippen LogP contribution in [-0.2, 0) is 17.6 Å². The first-order valence-corrected chi connectivity index (χ1v) is 12.8. The van der Waals surface area contributed by atoms with E-state index < -0.39 is 29.3 Å². The van der Waals surface area contributed by atoms with Gasteiger partial charge in [-0.3, -0.25) is 9.69 Å². The molecular weight excluding hydrogens is 499 g/mol. The van der Waals surface area contributed by atoms with Gasteiger partial charge in [-0.1, -0.05) is 31.2 Å². The molecule has 0 bridgehead atoms. The zero-order valence-corrected chi connectivity index (χ0v) is 22.3. The quantitative estimate of drug-likeness (QED) is 0.438. The van der Waals surface area contributed by atoms with Gasteiger partial charge >= 0.3 is 12.3 Å². The van der Waals surface area contributed by atoms with Gasteiger partial charge in [-0.25, -0.2) is 4.79 Å². The maximum atomic E-state index is 12.8. The maximum absolute atomic E-state index is 12.8. The molecule has 1 fully saturated rings. The van der Waals surface area contributed by atoms with Crippen LogP contribution in [0.1, 0.15) is 68.4 Å². The maximum Gasteiger partial charge on any atom is 0.434 e. The summed E-state index contributed by atoms with van der Waals surface area (Å²) in [6, 6.07) is 12.0. The molecule has 0 radical (unpaired) electrons. The van der Waals surface area contributed by atoms with Crippen LogP contribution in [0.2, 0.25) is 0 Å². The summed E-state index contributed by atoms with van der Waals surface area (Å²) in [7, 11) is 0. The Morgan fingerprint density at radius 3 is 2.24 bits per heavy atom. The van der Waals surface area contributed by atoms with Crippen molar-refractivity contribution in [3.8, 4) is 5.75 Å². The van der Waals surface area contributed by atoms with Crippen LogP contribution in [0.4, 0.5) is 18.0 Å². The number of nitrogens with zero attached hydrogens (tertiary/aromatic N) is 2. The van der Waals surface area contributed by atoms with Crippen LogP contribution in [0.25, 0.3) is 0 Å². The van der Waals surface area contributed by atoms with Gasteiger partial charge in [0.2, 0.25) is 0 Å². The zero-order valence-electron chi connectivity index (χ0n) is 22.3. The van der Waals surface area contributed by atoms with E-state index in [1.165, 1.54) is 12.1 Å². The molecule has 1 aliphatic heterocycles. The number of carbonyl (C=O) groups is 2. The Hall–Kier alpha value is -3.27. The minimum Gasteiger partial charge on any atom is -0.489 e. The van der Waals surface area contributed by atoms with Gasteiger partial charge in [0.25, 0.3) is 5.91 Å². The van der Waals surface area contributed by atoms with E-state index in [2.05, 4.69) is 10.4 Å². The lowest BCUT2D eigenvalue weighted by molar-refractivity contribution is -0.137. The van der Waals surface area contributed by atoms with Gasteiger partial charge in [0.15, 0.2) is 0 Å². The molecule has 0 atom stereocenters. The Balaban J connectivity index is 1.53. The van der Waals surface area contributed by atoms with E-state index in [0.717, 1.165) is 24.1 Å². The molecular formula is C28H36F3N3O4. The molecule has 1 N–H and O–H groups in total. The molecule has 208 valence electrons. The molecule has 2 aromatic carbocycles. The topological polar surface area (TPSA) is 71.1 Å². The van der Waals surface area contributed by atoms with Gasteiger partial charge in [-0.05, 0) is 69.9 Å². The molecule has 1 saturated heterocycles. The van der Waals surface area contributed by atoms with E-state index in [0.29, 0.717) is 44.8 Å². The van der Waals surface area contributed by atoms with Crippen molar-refractivity contribution in [2.45, 2.75) is 71.3 Å². The Labute approximate surface area is 221 Å². The highest BCUT2D eigenvalue weighted by Gasteiger charge is 2.30. The molecule has 0 aromatic heterocycles. The number of rotatable bonds is 7. The summed E-state index contributed by atoms with van der Waals surface area (Å²) >= 11 is 0. The van der Waals surface area contributed by atoms with Crippen LogP contribution in [0.3, 0.4) is 0 Å². The van der Waals surface area contributed by atoms with Crippen LogP contribution < -0.4 is 10.2 Å². The van der Waals surface area contributed by atoms with Crippen molar-refractivity contribution >= 4 is 12.0 Å².